The first-order valence-electron chi connectivity index (χ1n) is 4.60. The Kier molecular flexibility index (Phi) is 1.99. The van der Waals surface area contributed by atoms with Crippen molar-refractivity contribution in [2.24, 2.45) is 17.8 Å². The van der Waals surface area contributed by atoms with Crippen LogP contribution < -0.4 is 0 Å². The Balaban J connectivity index is 1.66. The molecule has 11 heavy (non-hydrogen) atoms. The minimum Gasteiger partial charge on any atom is -0.377 e. The average molecular weight is 152 g/mol. The second-order valence-electron chi connectivity index (χ2n) is 3.82. The van der Waals surface area contributed by atoms with Gasteiger partial charge >= 0.3 is 0 Å². The maximum Gasteiger partial charge on any atom is 0.0644 e. The Labute approximate surface area is 68.4 Å². The highest BCUT2D eigenvalue weighted by Gasteiger charge is 2.47. The van der Waals surface area contributed by atoms with Crippen LogP contribution in [0.2, 0.25) is 0 Å². The predicted octanol–water partition coefficient (Wildman–Crippen LogP) is 2.24. The Morgan fingerprint density at radius 3 is 2.91 bits per heavy atom. The van der Waals surface area contributed by atoms with E-state index >= 15 is 0 Å². The van der Waals surface area contributed by atoms with Crippen molar-refractivity contribution in [3.05, 3.63) is 12.7 Å². The quantitative estimate of drug-likeness (QED) is 0.443. The lowest BCUT2D eigenvalue weighted by molar-refractivity contribution is 0.117. The molecule has 0 aromatic rings. The molecule has 0 spiro atoms. The fourth-order valence-electron chi connectivity index (χ4n) is 2.33. The zero-order valence-corrected chi connectivity index (χ0v) is 6.96. The van der Waals surface area contributed by atoms with Crippen LogP contribution in [0.25, 0.3) is 0 Å². The Morgan fingerprint density at radius 1 is 1.45 bits per heavy atom. The summed E-state index contributed by atoms with van der Waals surface area (Å²) in [6, 6.07) is 0. The minimum absolute atomic E-state index is 0.730. The predicted molar refractivity (Wildman–Crippen MR) is 45.3 cm³/mol. The summed E-state index contributed by atoms with van der Waals surface area (Å²) >= 11 is 0. The zero-order chi connectivity index (χ0) is 7.68. The molecule has 1 nitrogen and oxygen atoms in total. The lowest BCUT2D eigenvalue weighted by Crippen LogP contribution is -2.08. The summed E-state index contributed by atoms with van der Waals surface area (Å²) in [5, 5.41) is 0. The largest absolute Gasteiger partial charge is 0.377 e. The lowest BCUT2D eigenvalue weighted by Gasteiger charge is -2.10. The number of hydrogen-bond acceptors (Lipinski definition) is 1. The standard InChI is InChI=1S/C10H16O/c1-2-5-11-7-9-4-3-8-6-10(8)9/h2,8-10H,1,3-7H2/t8?,9?,10-/m0/s1. The second kappa shape index (κ2) is 2.98. The molecule has 2 saturated carbocycles. The molecule has 0 aromatic carbocycles. The molecule has 2 aliphatic carbocycles. The van der Waals surface area contributed by atoms with Gasteiger partial charge in [-0.1, -0.05) is 6.08 Å². The van der Waals surface area contributed by atoms with Gasteiger partial charge in [0.25, 0.3) is 0 Å². The molecule has 2 unspecified atom stereocenters. The summed E-state index contributed by atoms with van der Waals surface area (Å²) in [7, 11) is 0. The van der Waals surface area contributed by atoms with Gasteiger partial charge in [-0.15, -0.1) is 6.58 Å². The molecule has 0 heterocycles. The lowest BCUT2D eigenvalue weighted by atomic mass is 10.1. The van der Waals surface area contributed by atoms with Crippen LogP contribution in [0.3, 0.4) is 0 Å². The number of fused-ring (bicyclic) bond motifs is 1. The Morgan fingerprint density at radius 2 is 2.36 bits per heavy atom. The van der Waals surface area contributed by atoms with Gasteiger partial charge < -0.3 is 4.74 Å². The molecule has 2 rings (SSSR count). The zero-order valence-electron chi connectivity index (χ0n) is 6.96. The molecule has 0 aliphatic heterocycles. The van der Waals surface area contributed by atoms with E-state index in [1.165, 1.54) is 19.3 Å². The Bertz CT molecular complexity index is 153. The summed E-state index contributed by atoms with van der Waals surface area (Å²) in [6.45, 7) is 5.34. The smallest absolute Gasteiger partial charge is 0.0644 e. The van der Waals surface area contributed by atoms with Gasteiger partial charge in [-0.25, -0.2) is 0 Å². The van der Waals surface area contributed by atoms with E-state index in [9.17, 15) is 0 Å². The van der Waals surface area contributed by atoms with Crippen molar-refractivity contribution in [2.45, 2.75) is 19.3 Å². The van der Waals surface area contributed by atoms with Crippen molar-refractivity contribution in [3.63, 3.8) is 0 Å². The van der Waals surface area contributed by atoms with Crippen LogP contribution in [0.15, 0.2) is 12.7 Å². The van der Waals surface area contributed by atoms with E-state index in [1.54, 1.807) is 0 Å². The summed E-state index contributed by atoms with van der Waals surface area (Å²) in [5.41, 5.74) is 0. The van der Waals surface area contributed by atoms with E-state index in [2.05, 4.69) is 6.58 Å². The molecular weight excluding hydrogens is 136 g/mol. The maximum absolute atomic E-state index is 5.45. The van der Waals surface area contributed by atoms with Crippen LogP contribution in [0, 0.1) is 17.8 Å². The number of ether oxygens (including phenoxy) is 1. The van der Waals surface area contributed by atoms with Gasteiger partial charge in [-0.05, 0) is 37.0 Å². The first kappa shape index (κ1) is 7.35. The molecule has 62 valence electrons. The molecule has 2 fully saturated rings. The molecule has 0 saturated heterocycles. The molecular formula is C10H16O. The topological polar surface area (TPSA) is 9.23 Å². The molecule has 0 radical (unpaired) electrons. The summed E-state index contributed by atoms with van der Waals surface area (Å²) < 4.78 is 5.45. The van der Waals surface area contributed by atoms with Crippen LogP contribution in [-0.2, 0) is 4.74 Å². The van der Waals surface area contributed by atoms with Crippen molar-refractivity contribution in [3.8, 4) is 0 Å². The van der Waals surface area contributed by atoms with Gasteiger partial charge in [0.2, 0.25) is 0 Å². The monoisotopic (exact) mass is 152 g/mol. The summed E-state index contributed by atoms with van der Waals surface area (Å²) in [5.74, 6) is 3.02. The van der Waals surface area contributed by atoms with Gasteiger partial charge in [0.15, 0.2) is 0 Å². The van der Waals surface area contributed by atoms with E-state index in [-0.39, 0.29) is 0 Å². The molecule has 0 aromatic heterocycles. The first-order chi connectivity index (χ1) is 5.42. The van der Waals surface area contributed by atoms with Crippen molar-refractivity contribution < 1.29 is 4.74 Å². The third-order valence-electron chi connectivity index (χ3n) is 3.06. The maximum atomic E-state index is 5.45. The van der Waals surface area contributed by atoms with Gasteiger partial charge in [0, 0.05) is 0 Å². The first-order valence-corrected chi connectivity index (χ1v) is 4.60. The highest BCUT2D eigenvalue weighted by Crippen LogP contribution is 2.55. The summed E-state index contributed by atoms with van der Waals surface area (Å²) in [6.07, 6.45) is 6.20. The van der Waals surface area contributed by atoms with E-state index in [4.69, 9.17) is 4.74 Å². The molecule has 0 amide bonds. The van der Waals surface area contributed by atoms with E-state index < -0.39 is 0 Å². The summed E-state index contributed by atoms with van der Waals surface area (Å²) in [4.78, 5) is 0. The van der Waals surface area contributed by atoms with E-state index in [0.29, 0.717) is 0 Å². The van der Waals surface area contributed by atoms with Crippen LogP contribution in [0.1, 0.15) is 19.3 Å². The third-order valence-corrected chi connectivity index (χ3v) is 3.06. The fraction of sp³-hybridized carbons (Fsp3) is 0.800. The van der Waals surface area contributed by atoms with E-state index in [0.717, 1.165) is 31.0 Å². The van der Waals surface area contributed by atoms with Gasteiger partial charge in [-0.2, -0.15) is 0 Å². The highest BCUT2D eigenvalue weighted by atomic mass is 16.5. The second-order valence-corrected chi connectivity index (χ2v) is 3.82. The van der Waals surface area contributed by atoms with Crippen LogP contribution in [-0.4, -0.2) is 13.2 Å². The molecule has 2 aliphatic rings. The molecule has 0 bridgehead atoms. The minimum atomic E-state index is 0.730. The van der Waals surface area contributed by atoms with Gasteiger partial charge in [0.1, 0.15) is 0 Å². The molecule has 1 heteroatoms. The molecule has 0 N–H and O–H groups in total. The number of hydrogen-bond donors (Lipinski definition) is 0. The average Bonchev–Trinajstić information content (AvgIpc) is 2.70. The van der Waals surface area contributed by atoms with Crippen molar-refractivity contribution in [1.82, 2.24) is 0 Å². The number of rotatable bonds is 4. The normalized spacial score (nSPS) is 40.2. The SMILES string of the molecule is C=CCOCC1CCC2C[C@H]12. The van der Waals surface area contributed by atoms with Crippen LogP contribution >= 0.6 is 0 Å². The molecule has 3 atom stereocenters. The van der Waals surface area contributed by atoms with E-state index in [1.807, 2.05) is 6.08 Å². The van der Waals surface area contributed by atoms with Crippen molar-refractivity contribution in [2.75, 3.05) is 13.2 Å². The van der Waals surface area contributed by atoms with Crippen molar-refractivity contribution >= 4 is 0 Å². The van der Waals surface area contributed by atoms with Crippen LogP contribution in [0.5, 0.6) is 0 Å². The third kappa shape index (κ3) is 1.48. The Hall–Kier alpha value is -0.300. The van der Waals surface area contributed by atoms with Crippen LogP contribution in [0.4, 0.5) is 0 Å². The highest BCUT2D eigenvalue weighted by molar-refractivity contribution is 4.97. The van der Waals surface area contributed by atoms with Gasteiger partial charge in [0.05, 0.1) is 13.2 Å². The van der Waals surface area contributed by atoms with Crippen molar-refractivity contribution in [1.29, 1.82) is 0 Å². The van der Waals surface area contributed by atoms with Gasteiger partial charge in [-0.3, -0.25) is 0 Å². The fourth-order valence-corrected chi connectivity index (χ4v) is 2.33.